The van der Waals surface area contributed by atoms with Crippen LogP contribution in [0.25, 0.3) is 11.1 Å². The molecule has 1 nitrogen and oxygen atoms in total. The van der Waals surface area contributed by atoms with E-state index in [0.29, 0.717) is 5.56 Å². The van der Waals surface area contributed by atoms with Crippen LogP contribution in [0.3, 0.4) is 0 Å². The van der Waals surface area contributed by atoms with Gasteiger partial charge < -0.3 is 0 Å². The molecule has 0 spiro atoms. The van der Waals surface area contributed by atoms with Crippen LogP contribution in [-0.4, -0.2) is 0 Å². The molecule has 72 valence electrons. The lowest BCUT2D eigenvalue weighted by atomic mass is 10.0. The molecule has 2 heteroatoms. The summed E-state index contributed by atoms with van der Waals surface area (Å²) in [5.74, 6) is 0. The van der Waals surface area contributed by atoms with Gasteiger partial charge in [0.05, 0.1) is 11.6 Å². The van der Waals surface area contributed by atoms with Gasteiger partial charge >= 0.3 is 0 Å². The summed E-state index contributed by atoms with van der Waals surface area (Å²) in [7, 11) is 0. The summed E-state index contributed by atoms with van der Waals surface area (Å²) in [6.45, 7) is 0. The van der Waals surface area contributed by atoms with E-state index in [2.05, 4.69) is 18.7 Å². The molecule has 0 unspecified atom stereocenters. The van der Waals surface area contributed by atoms with E-state index in [0.717, 1.165) is 16.0 Å². The normalized spacial score (nSPS) is 9.60. The van der Waals surface area contributed by atoms with Crippen LogP contribution in [0, 0.1) is 11.3 Å². The fraction of sp³-hybridized carbons (Fsp3) is 0. The summed E-state index contributed by atoms with van der Waals surface area (Å²) >= 11 is 4.38. The van der Waals surface area contributed by atoms with Crippen LogP contribution in [0.5, 0.6) is 0 Å². The summed E-state index contributed by atoms with van der Waals surface area (Å²) in [4.78, 5) is 0.834. The van der Waals surface area contributed by atoms with Gasteiger partial charge in [-0.15, -0.1) is 12.6 Å². The van der Waals surface area contributed by atoms with Gasteiger partial charge in [0, 0.05) is 4.90 Å². The first-order valence-electron chi connectivity index (χ1n) is 4.60. The highest BCUT2D eigenvalue weighted by Crippen LogP contribution is 2.26. The van der Waals surface area contributed by atoms with Crippen LogP contribution in [0.15, 0.2) is 53.4 Å². The minimum Gasteiger partial charge on any atom is -0.192 e. The van der Waals surface area contributed by atoms with Crippen molar-refractivity contribution in [2.75, 3.05) is 0 Å². The number of hydrogen-bond acceptors (Lipinski definition) is 2. The smallest absolute Gasteiger partial charge is 0.0992 e. The molecule has 0 atom stereocenters. The number of nitriles is 1. The van der Waals surface area contributed by atoms with Gasteiger partial charge in [-0.3, -0.25) is 0 Å². The first-order chi connectivity index (χ1) is 7.31. The van der Waals surface area contributed by atoms with E-state index in [1.165, 1.54) is 0 Å². The predicted molar refractivity (Wildman–Crippen MR) is 63.8 cm³/mol. The second-order valence-corrected chi connectivity index (χ2v) is 3.69. The van der Waals surface area contributed by atoms with Crippen LogP contribution in [0.1, 0.15) is 5.56 Å². The van der Waals surface area contributed by atoms with Crippen molar-refractivity contribution in [2.24, 2.45) is 0 Å². The maximum Gasteiger partial charge on any atom is 0.0992 e. The lowest BCUT2D eigenvalue weighted by Gasteiger charge is -2.04. The van der Waals surface area contributed by atoms with E-state index in [-0.39, 0.29) is 0 Å². The summed E-state index contributed by atoms with van der Waals surface area (Å²) < 4.78 is 0. The zero-order valence-corrected chi connectivity index (χ0v) is 8.91. The molecule has 0 amide bonds. The molecule has 0 N–H and O–H groups in total. The van der Waals surface area contributed by atoms with Crippen molar-refractivity contribution in [3.8, 4) is 17.2 Å². The highest BCUT2D eigenvalue weighted by molar-refractivity contribution is 7.80. The lowest BCUT2D eigenvalue weighted by molar-refractivity contribution is 1.40. The van der Waals surface area contributed by atoms with Crippen LogP contribution in [0.2, 0.25) is 0 Å². The lowest BCUT2D eigenvalue weighted by Crippen LogP contribution is -1.81. The third-order valence-electron chi connectivity index (χ3n) is 2.21. The number of nitrogens with zero attached hydrogens (tertiary/aromatic N) is 1. The van der Waals surface area contributed by atoms with Gasteiger partial charge in [-0.2, -0.15) is 5.26 Å². The monoisotopic (exact) mass is 211 g/mol. The van der Waals surface area contributed by atoms with Crippen molar-refractivity contribution in [3.05, 3.63) is 54.1 Å². The zero-order valence-electron chi connectivity index (χ0n) is 8.01. The molecule has 0 saturated heterocycles. The minimum atomic E-state index is 0.639. The Kier molecular flexibility index (Phi) is 2.75. The van der Waals surface area contributed by atoms with Gasteiger partial charge in [-0.1, -0.05) is 36.4 Å². The summed E-state index contributed by atoms with van der Waals surface area (Å²) in [5, 5.41) is 8.74. The molecule has 0 heterocycles. The fourth-order valence-electron chi connectivity index (χ4n) is 1.46. The Bertz CT molecular complexity index is 512. The molecule has 0 bridgehead atoms. The highest BCUT2D eigenvalue weighted by Gasteiger charge is 2.02. The van der Waals surface area contributed by atoms with Crippen molar-refractivity contribution in [1.29, 1.82) is 5.26 Å². The van der Waals surface area contributed by atoms with E-state index in [1.807, 2.05) is 42.5 Å². The number of hydrogen-bond donors (Lipinski definition) is 1. The average Bonchev–Trinajstić information content (AvgIpc) is 2.30. The van der Waals surface area contributed by atoms with E-state index >= 15 is 0 Å². The van der Waals surface area contributed by atoms with E-state index in [4.69, 9.17) is 5.26 Å². The Morgan fingerprint density at radius 1 is 1.00 bits per heavy atom. The molecule has 2 aromatic rings. The van der Waals surface area contributed by atoms with E-state index in [9.17, 15) is 0 Å². The van der Waals surface area contributed by atoms with E-state index in [1.54, 1.807) is 6.07 Å². The minimum absolute atomic E-state index is 0.639. The third-order valence-corrected chi connectivity index (χ3v) is 2.58. The molecular weight excluding hydrogens is 202 g/mol. The standard InChI is InChI=1S/C13H9NS/c14-9-10-6-7-12(13(15)8-10)11-4-2-1-3-5-11/h1-8,15H. The largest absolute Gasteiger partial charge is 0.192 e. The van der Waals surface area contributed by atoms with Gasteiger partial charge in [0.25, 0.3) is 0 Å². The van der Waals surface area contributed by atoms with Crippen LogP contribution < -0.4 is 0 Å². The van der Waals surface area contributed by atoms with Crippen LogP contribution in [-0.2, 0) is 0 Å². The van der Waals surface area contributed by atoms with Gasteiger partial charge in [-0.05, 0) is 23.3 Å². The topological polar surface area (TPSA) is 23.8 Å². The summed E-state index contributed by atoms with van der Waals surface area (Å²) in [6, 6.07) is 17.6. The Morgan fingerprint density at radius 3 is 2.33 bits per heavy atom. The molecule has 0 aliphatic heterocycles. The third kappa shape index (κ3) is 2.03. The van der Waals surface area contributed by atoms with Gasteiger partial charge in [0.1, 0.15) is 0 Å². The fourth-order valence-corrected chi connectivity index (χ4v) is 1.81. The molecule has 0 radical (unpaired) electrons. The Hall–Kier alpha value is -1.72. The Labute approximate surface area is 94.4 Å². The first kappa shape index (κ1) is 9.82. The van der Waals surface area contributed by atoms with Crippen LogP contribution >= 0.6 is 12.6 Å². The second-order valence-electron chi connectivity index (χ2n) is 3.21. The molecule has 0 aliphatic rings. The van der Waals surface area contributed by atoms with Gasteiger partial charge in [0.15, 0.2) is 0 Å². The molecule has 2 aromatic carbocycles. The maximum atomic E-state index is 8.74. The molecule has 15 heavy (non-hydrogen) atoms. The number of benzene rings is 2. The molecule has 0 saturated carbocycles. The number of rotatable bonds is 1. The van der Waals surface area contributed by atoms with Gasteiger partial charge in [0.2, 0.25) is 0 Å². The molecule has 0 aliphatic carbocycles. The SMILES string of the molecule is N#Cc1ccc(-c2ccccc2)c(S)c1. The van der Waals surface area contributed by atoms with Crippen molar-refractivity contribution < 1.29 is 0 Å². The Balaban J connectivity index is 2.52. The average molecular weight is 211 g/mol. The number of thiol groups is 1. The zero-order chi connectivity index (χ0) is 10.7. The van der Waals surface area contributed by atoms with E-state index < -0.39 is 0 Å². The molecule has 0 aromatic heterocycles. The van der Waals surface area contributed by atoms with Crippen molar-refractivity contribution >= 4 is 12.6 Å². The summed E-state index contributed by atoms with van der Waals surface area (Å²) in [6.07, 6.45) is 0. The van der Waals surface area contributed by atoms with Gasteiger partial charge in [-0.25, -0.2) is 0 Å². The van der Waals surface area contributed by atoms with Crippen molar-refractivity contribution in [2.45, 2.75) is 4.90 Å². The second kappa shape index (κ2) is 4.20. The maximum absolute atomic E-state index is 8.74. The quantitative estimate of drug-likeness (QED) is 0.717. The Morgan fingerprint density at radius 2 is 1.73 bits per heavy atom. The van der Waals surface area contributed by atoms with Crippen molar-refractivity contribution in [3.63, 3.8) is 0 Å². The highest BCUT2D eigenvalue weighted by atomic mass is 32.1. The summed E-state index contributed by atoms with van der Waals surface area (Å²) in [5.41, 5.74) is 2.81. The molecule has 0 fully saturated rings. The predicted octanol–water partition coefficient (Wildman–Crippen LogP) is 3.51. The van der Waals surface area contributed by atoms with Crippen molar-refractivity contribution in [1.82, 2.24) is 0 Å². The van der Waals surface area contributed by atoms with Crippen LogP contribution in [0.4, 0.5) is 0 Å². The molecular formula is C13H9NS. The first-order valence-corrected chi connectivity index (χ1v) is 5.04. The molecule has 2 rings (SSSR count).